The number of nitrogens with one attached hydrogen (secondary N) is 1. The fraction of sp³-hybridized carbons (Fsp3) is 1.00. The number of aliphatic hydroxyl groups is 1. The molecule has 1 aliphatic heterocycles. The van der Waals surface area contributed by atoms with Crippen molar-refractivity contribution in [3.8, 4) is 0 Å². The van der Waals surface area contributed by atoms with E-state index in [-0.39, 0.29) is 6.61 Å². The van der Waals surface area contributed by atoms with Crippen LogP contribution in [0, 0.1) is 0 Å². The van der Waals surface area contributed by atoms with Gasteiger partial charge in [0, 0.05) is 13.1 Å². The van der Waals surface area contributed by atoms with E-state index in [2.05, 4.69) is 4.72 Å². The summed E-state index contributed by atoms with van der Waals surface area (Å²) in [5.41, 5.74) is -0.617. The Morgan fingerprint density at radius 3 is 2.11 bits per heavy atom. The lowest BCUT2D eigenvalue weighted by molar-refractivity contribution is 0.139. The SMILES string of the molecule is O=S(=O)(NC1(CO)CCCCC1)N1CCCCC1. The molecule has 0 aromatic heterocycles. The first kappa shape index (κ1) is 14.2. The molecule has 0 unspecified atom stereocenters. The molecule has 0 spiro atoms. The molecule has 1 saturated carbocycles. The van der Waals surface area contributed by atoms with Crippen LogP contribution in [0.3, 0.4) is 0 Å². The molecule has 1 saturated heterocycles. The van der Waals surface area contributed by atoms with Gasteiger partial charge in [0.15, 0.2) is 0 Å². The van der Waals surface area contributed by atoms with Crippen LogP contribution in [-0.4, -0.2) is 43.1 Å². The van der Waals surface area contributed by atoms with Crippen LogP contribution in [0.5, 0.6) is 0 Å². The molecular weight excluding hydrogens is 252 g/mol. The van der Waals surface area contributed by atoms with Crippen molar-refractivity contribution in [1.82, 2.24) is 9.03 Å². The summed E-state index contributed by atoms with van der Waals surface area (Å²) in [5.74, 6) is 0. The van der Waals surface area contributed by atoms with Crippen LogP contribution in [0.2, 0.25) is 0 Å². The van der Waals surface area contributed by atoms with E-state index in [0.717, 1.165) is 51.4 Å². The molecule has 6 heteroatoms. The number of rotatable bonds is 4. The van der Waals surface area contributed by atoms with Gasteiger partial charge in [0.1, 0.15) is 0 Å². The molecule has 2 fully saturated rings. The van der Waals surface area contributed by atoms with E-state index in [1.165, 1.54) is 4.31 Å². The van der Waals surface area contributed by atoms with Crippen LogP contribution in [0.15, 0.2) is 0 Å². The maximum atomic E-state index is 12.3. The van der Waals surface area contributed by atoms with Crippen LogP contribution < -0.4 is 4.72 Å². The van der Waals surface area contributed by atoms with E-state index < -0.39 is 15.7 Å². The quantitative estimate of drug-likeness (QED) is 0.805. The smallest absolute Gasteiger partial charge is 0.280 e. The predicted octanol–water partition coefficient (Wildman–Crippen LogP) is 1.00. The summed E-state index contributed by atoms with van der Waals surface area (Å²) < 4.78 is 28.9. The average Bonchev–Trinajstić information content (AvgIpc) is 2.40. The zero-order valence-electron chi connectivity index (χ0n) is 10.9. The van der Waals surface area contributed by atoms with Gasteiger partial charge in [0.2, 0.25) is 0 Å². The van der Waals surface area contributed by atoms with Crippen LogP contribution in [-0.2, 0) is 10.2 Å². The molecule has 106 valence electrons. The molecule has 0 radical (unpaired) electrons. The third kappa shape index (κ3) is 3.23. The summed E-state index contributed by atoms with van der Waals surface area (Å²) in [6, 6.07) is 0. The second-order valence-corrected chi connectivity index (χ2v) is 7.24. The fourth-order valence-corrected chi connectivity index (χ4v) is 4.65. The van der Waals surface area contributed by atoms with Gasteiger partial charge < -0.3 is 5.11 Å². The van der Waals surface area contributed by atoms with Crippen molar-refractivity contribution >= 4 is 10.2 Å². The summed E-state index contributed by atoms with van der Waals surface area (Å²) in [6.45, 7) is 1.12. The third-order valence-electron chi connectivity index (χ3n) is 4.11. The van der Waals surface area contributed by atoms with Gasteiger partial charge >= 0.3 is 0 Å². The molecule has 1 aliphatic carbocycles. The van der Waals surface area contributed by atoms with Gasteiger partial charge in [0.05, 0.1) is 12.1 Å². The van der Waals surface area contributed by atoms with Gasteiger partial charge in [-0.1, -0.05) is 25.7 Å². The van der Waals surface area contributed by atoms with Gasteiger partial charge in [-0.25, -0.2) is 0 Å². The molecule has 1 heterocycles. The number of hydrogen-bond donors (Lipinski definition) is 2. The van der Waals surface area contributed by atoms with Crippen molar-refractivity contribution in [3.05, 3.63) is 0 Å². The highest BCUT2D eigenvalue weighted by atomic mass is 32.2. The number of piperidine rings is 1. The fourth-order valence-electron chi connectivity index (χ4n) is 2.96. The first-order valence-corrected chi connectivity index (χ1v) is 8.42. The lowest BCUT2D eigenvalue weighted by Gasteiger charge is -2.38. The van der Waals surface area contributed by atoms with Crippen LogP contribution in [0.4, 0.5) is 0 Å². The lowest BCUT2D eigenvalue weighted by Crippen LogP contribution is -2.57. The Kier molecular flexibility index (Phi) is 4.64. The molecular formula is C12H24N2O3S. The van der Waals surface area contributed by atoms with Crippen molar-refractivity contribution in [1.29, 1.82) is 0 Å². The van der Waals surface area contributed by atoms with Crippen molar-refractivity contribution < 1.29 is 13.5 Å². The highest BCUT2D eigenvalue weighted by Crippen LogP contribution is 2.29. The molecule has 2 N–H and O–H groups in total. The van der Waals surface area contributed by atoms with Crippen LogP contribution >= 0.6 is 0 Å². The minimum absolute atomic E-state index is 0.0972. The monoisotopic (exact) mass is 276 g/mol. The molecule has 0 aromatic carbocycles. The summed E-state index contributed by atoms with van der Waals surface area (Å²) in [7, 11) is -3.43. The Balaban J connectivity index is 2.05. The first-order chi connectivity index (χ1) is 8.58. The van der Waals surface area contributed by atoms with E-state index in [1.54, 1.807) is 0 Å². The van der Waals surface area contributed by atoms with Crippen molar-refractivity contribution in [2.75, 3.05) is 19.7 Å². The maximum absolute atomic E-state index is 12.3. The number of hydrogen-bond acceptors (Lipinski definition) is 3. The summed E-state index contributed by atoms with van der Waals surface area (Å²) in [6.07, 6.45) is 7.59. The number of nitrogens with zero attached hydrogens (tertiary/aromatic N) is 1. The van der Waals surface area contributed by atoms with Gasteiger partial charge in [0.25, 0.3) is 10.2 Å². The third-order valence-corrected chi connectivity index (χ3v) is 5.85. The van der Waals surface area contributed by atoms with Crippen LogP contribution in [0.1, 0.15) is 51.4 Å². The van der Waals surface area contributed by atoms with E-state index in [4.69, 9.17) is 0 Å². The zero-order valence-corrected chi connectivity index (χ0v) is 11.7. The molecule has 0 amide bonds. The second kappa shape index (κ2) is 5.86. The maximum Gasteiger partial charge on any atom is 0.280 e. The average molecular weight is 276 g/mol. The summed E-state index contributed by atoms with van der Waals surface area (Å²) >= 11 is 0. The van der Waals surface area contributed by atoms with Gasteiger partial charge in [-0.15, -0.1) is 0 Å². The highest BCUT2D eigenvalue weighted by molar-refractivity contribution is 7.87. The standard InChI is InChI=1S/C12H24N2O3S/c15-11-12(7-3-1-4-8-12)13-18(16,17)14-9-5-2-6-10-14/h13,15H,1-11H2. The van der Waals surface area contributed by atoms with Crippen molar-refractivity contribution in [2.45, 2.75) is 56.9 Å². The Morgan fingerprint density at radius 2 is 1.56 bits per heavy atom. The molecule has 5 nitrogen and oxygen atoms in total. The van der Waals surface area contributed by atoms with E-state index in [9.17, 15) is 13.5 Å². The van der Waals surface area contributed by atoms with Crippen molar-refractivity contribution in [3.63, 3.8) is 0 Å². The summed E-state index contributed by atoms with van der Waals surface area (Å²) in [4.78, 5) is 0. The molecule has 0 aromatic rings. The Morgan fingerprint density at radius 1 is 1.00 bits per heavy atom. The van der Waals surface area contributed by atoms with Gasteiger partial charge in [-0.2, -0.15) is 17.4 Å². The minimum Gasteiger partial charge on any atom is -0.394 e. The topological polar surface area (TPSA) is 69.6 Å². The minimum atomic E-state index is -3.43. The Labute approximate surface area is 110 Å². The molecule has 2 aliphatic rings. The second-order valence-electron chi connectivity index (χ2n) is 5.57. The van der Waals surface area contributed by atoms with E-state index in [0.29, 0.717) is 13.1 Å². The first-order valence-electron chi connectivity index (χ1n) is 6.98. The molecule has 0 bridgehead atoms. The lowest BCUT2D eigenvalue weighted by atomic mass is 9.83. The van der Waals surface area contributed by atoms with E-state index in [1.807, 2.05) is 0 Å². The van der Waals surface area contributed by atoms with Gasteiger partial charge in [-0.05, 0) is 25.7 Å². The molecule has 0 atom stereocenters. The van der Waals surface area contributed by atoms with Gasteiger partial charge in [-0.3, -0.25) is 0 Å². The normalized spacial score (nSPS) is 26.1. The largest absolute Gasteiger partial charge is 0.394 e. The predicted molar refractivity (Wildman–Crippen MR) is 70.4 cm³/mol. The van der Waals surface area contributed by atoms with E-state index >= 15 is 0 Å². The van der Waals surface area contributed by atoms with Crippen LogP contribution in [0.25, 0.3) is 0 Å². The van der Waals surface area contributed by atoms with Crippen molar-refractivity contribution in [2.24, 2.45) is 0 Å². The molecule has 2 rings (SSSR count). The summed E-state index contributed by atoms with van der Waals surface area (Å²) in [5, 5.41) is 9.56. The Hall–Kier alpha value is -0.170. The number of aliphatic hydroxyl groups excluding tert-OH is 1. The molecule has 18 heavy (non-hydrogen) atoms. The zero-order chi connectivity index (χ0) is 13.1. The Bertz CT molecular complexity index is 358. The highest BCUT2D eigenvalue weighted by Gasteiger charge is 2.37.